The maximum absolute atomic E-state index is 14.1. The van der Waals surface area contributed by atoms with E-state index in [-0.39, 0.29) is 5.82 Å². The van der Waals surface area contributed by atoms with E-state index in [1.165, 1.54) is 30.4 Å². The number of hydrogen-bond donors (Lipinski definition) is 2. The van der Waals surface area contributed by atoms with Crippen LogP contribution < -0.4 is 10.9 Å². The zero-order valence-electron chi connectivity index (χ0n) is 9.36. The van der Waals surface area contributed by atoms with E-state index in [2.05, 4.69) is 17.8 Å². The molecule has 0 radical (unpaired) electrons. The van der Waals surface area contributed by atoms with Crippen LogP contribution in [0.4, 0.5) is 10.1 Å². The van der Waals surface area contributed by atoms with Crippen molar-refractivity contribution in [3.05, 3.63) is 28.6 Å². The first-order valence-corrected chi connectivity index (χ1v) is 6.02. The predicted octanol–water partition coefficient (Wildman–Crippen LogP) is 2.83. The van der Waals surface area contributed by atoms with Crippen LogP contribution in [0.25, 0.3) is 0 Å². The summed E-state index contributed by atoms with van der Waals surface area (Å²) in [7, 11) is 0. The molecule has 2 saturated carbocycles. The van der Waals surface area contributed by atoms with Crippen LogP contribution in [0.15, 0.2) is 6.07 Å². The van der Waals surface area contributed by atoms with E-state index in [4.69, 9.17) is 0 Å². The van der Waals surface area contributed by atoms with Gasteiger partial charge in [-0.1, -0.05) is 0 Å². The summed E-state index contributed by atoms with van der Waals surface area (Å²) >= 11 is 0. The Bertz CT molecular complexity index is 491. The highest BCUT2D eigenvalue weighted by molar-refractivity contribution is 5.61. The van der Waals surface area contributed by atoms with E-state index in [1.54, 1.807) is 6.07 Å². The summed E-state index contributed by atoms with van der Waals surface area (Å²) in [4.78, 5) is 0. The second-order valence-corrected chi connectivity index (χ2v) is 5.52. The molecule has 1 aliphatic heterocycles. The van der Waals surface area contributed by atoms with Gasteiger partial charge in [0, 0.05) is 6.54 Å². The average Bonchev–Trinajstić information content (AvgIpc) is 3.11. The number of rotatable bonds is 1. The van der Waals surface area contributed by atoms with Crippen LogP contribution in [-0.2, 0) is 6.54 Å². The quantitative estimate of drug-likeness (QED) is 0.757. The number of nitrogens with one attached hydrogen (secondary N) is 2. The van der Waals surface area contributed by atoms with Crippen molar-refractivity contribution >= 4 is 5.69 Å². The number of anilines is 1. The minimum Gasteiger partial charge on any atom is -0.321 e. The van der Waals surface area contributed by atoms with Crippen molar-refractivity contribution in [1.29, 1.82) is 0 Å². The number of hydrogen-bond acceptors (Lipinski definition) is 2. The van der Waals surface area contributed by atoms with Crippen molar-refractivity contribution in [3.8, 4) is 0 Å². The van der Waals surface area contributed by atoms with E-state index >= 15 is 0 Å². The molecule has 1 unspecified atom stereocenters. The second kappa shape index (κ2) is 2.59. The highest BCUT2D eigenvalue weighted by Crippen LogP contribution is 2.75. The summed E-state index contributed by atoms with van der Waals surface area (Å²) in [6.07, 6.45) is 3.83. The zero-order chi connectivity index (χ0) is 10.9. The molecule has 0 aromatic heterocycles. The van der Waals surface area contributed by atoms with Gasteiger partial charge in [0.1, 0.15) is 5.82 Å². The normalized spacial score (nSPS) is 27.8. The Balaban J connectivity index is 1.86. The molecule has 3 aliphatic rings. The fourth-order valence-electron chi connectivity index (χ4n) is 3.30. The summed E-state index contributed by atoms with van der Waals surface area (Å²) in [5.41, 5.74) is 10.9. The number of benzene rings is 1. The molecule has 2 N–H and O–H groups in total. The van der Waals surface area contributed by atoms with Crippen LogP contribution in [0.1, 0.15) is 41.9 Å². The van der Waals surface area contributed by atoms with Crippen LogP contribution in [0, 0.1) is 18.2 Å². The van der Waals surface area contributed by atoms with Crippen LogP contribution in [0.3, 0.4) is 0 Å². The van der Waals surface area contributed by atoms with E-state index in [0.717, 1.165) is 17.8 Å². The maximum Gasteiger partial charge on any atom is 0.129 e. The molecule has 1 aromatic rings. The minimum atomic E-state index is -0.0128. The van der Waals surface area contributed by atoms with E-state index < -0.39 is 0 Å². The molecule has 16 heavy (non-hydrogen) atoms. The van der Waals surface area contributed by atoms with Gasteiger partial charge in [0.15, 0.2) is 0 Å². The topological polar surface area (TPSA) is 24.1 Å². The van der Waals surface area contributed by atoms with E-state index in [0.29, 0.717) is 11.3 Å². The van der Waals surface area contributed by atoms with Gasteiger partial charge in [-0.25, -0.2) is 9.82 Å². The molecule has 1 atom stereocenters. The second-order valence-electron chi connectivity index (χ2n) is 5.52. The lowest BCUT2D eigenvalue weighted by Crippen LogP contribution is -2.10. The SMILES string of the molecule is Cc1c2c(cc(F)c1C1CC13CC3)NNC2. The van der Waals surface area contributed by atoms with Gasteiger partial charge in [-0.3, -0.25) is 0 Å². The van der Waals surface area contributed by atoms with Crippen LogP contribution in [-0.4, -0.2) is 0 Å². The smallest absolute Gasteiger partial charge is 0.129 e. The zero-order valence-corrected chi connectivity index (χ0v) is 9.36. The van der Waals surface area contributed by atoms with Crippen molar-refractivity contribution in [1.82, 2.24) is 5.43 Å². The van der Waals surface area contributed by atoms with Gasteiger partial charge < -0.3 is 5.43 Å². The Morgan fingerprint density at radius 2 is 2.25 bits per heavy atom. The molecule has 4 rings (SSSR count). The Morgan fingerprint density at radius 1 is 1.44 bits per heavy atom. The molecule has 1 spiro atoms. The standard InChI is InChI=1S/C13H15FN2/c1-7-8-6-15-16-11(8)4-10(14)12(7)9-5-13(9)2-3-13/h4,9,15-16H,2-3,5-6H2,1H3. The highest BCUT2D eigenvalue weighted by Gasteiger charge is 2.64. The third-order valence-electron chi connectivity index (χ3n) is 4.63. The largest absolute Gasteiger partial charge is 0.321 e. The lowest BCUT2D eigenvalue weighted by Gasteiger charge is -2.11. The number of halogens is 1. The van der Waals surface area contributed by atoms with Crippen molar-refractivity contribution in [2.75, 3.05) is 5.43 Å². The Labute approximate surface area is 94.2 Å². The van der Waals surface area contributed by atoms with Gasteiger partial charge >= 0.3 is 0 Å². The number of fused-ring (bicyclic) bond motifs is 1. The van der Waals surface area contributed by atoms with Gasteiger partial charge in [-0.2, -0.15) is 0 Å². The summed E-state index contributed by atoms with van der Waals surface area (Å²) in [5, 5.41) is 0. The molecule has 1 aromatic carbocycles. The lowest BCUT2D eigenvalue weighted by atomic mass is 9.96. The van der Waals surface area contributed by atoms with E-state index in [9.17, 15) is 4.39 Å². The molecule has 3 heteroatoms. The van der Waals surface area contributed by atoms with Gasteiger partial charge in [-0.05, 0) is 60.3 Å². The van der Waals surface area contributed by atoms with Crippen molar-refractivity contribution < 1.29 is 4.39 Å². The minimum absolute atomic E-state index is 0.0128. The van der Waals surface area contributed by atoms with Crippen LogP contribution in [0.2, 0.25) is 0 Å². The fourth-order valence-corrected chi connectivity index (χ4v) is 3.30. The summed E-state index contributed by atoms with van der Waals surface area (Å²) in [6, 6.07) is 1.66. The van der Waals surface area contributed by atoms with E-state index in [1.807, 2.05) is 0 Å². The average molecular weight is 218 g/mol. The molecule has 2 fully saturated rings. The van der Waals surface area contributed by atoms with Crippen LogP contribution >= 0.6 is 0 Å². The molecule has 2 aliphatic carbocycles. The Morgan fingerprint density at radius 3 is 2.94 bits per heavy atom. The molecule has 84 valence electrons. The fraction of sp³-hybridized carbons (Fsp3) is 0.538. The monoisotopic (exact) mass is 218 g/mol. The van der Waals surface area contributed by atoms with Crippen molar-refractivity contribution in [2.24, 2.45) is 5.41 Å². The Kier molecular flexibility index (Phi) is 1.46. The first-order chi connectivity index (χ1) is 7.71. The molecule has 0 saturated heterocycles. The molecule has 0 amide bonds. The molecule has 1 heterocycles. The summed E-state index contributed by atoms with van der Waals surface area (Å²) in [6.45, 7) is 2.88. The first-order valence-electron chi connectivity index (χ1n) is 6.02. The first kappa shape index (κ1) is 8.99. The van der Waals surface area contributed by atoms with Gasteiger partial charge in [0.25, 0.3) is 0 Å². The molecular formula is C13H15FN2. The number of hydrazine groups is 1. The van der Waals surface area contributed by atoms with Crippen molar-refractivity contribution in [3.63, 3.8) is 0 Å². The third kappa shape index (κ3) is 0.995. The predicted molar refractivity (Wildman–Crippen MR) is 60.6 cm³/mol. The van der Waals surface area contributed by atoms with Gasteiger partial charge in [-0.15, -0.1) is 0 Å². The molecule has 2 nitrogen and oxygen atoms in total. The van der Waals surface area contributed by atoms with Crippen molar-refractivity contribution in [2.45, 2.75) is 38.6 Å². The summed E-state index contributed by atoms with van der Waals surface area (Å²) < 4.78 is 14.1. The third-order valence-corrected chi connectivity index (χ3v) is 4.63. The lowest BCUT2D eigenvalue weighted by molar-refractivity contribution is 0.603. The Hall–Kier alpha value is -1.09. The molecule has 0 bridgehead atoms. The highest BCUT2D eigenvalue weighted by atomic mass is 19.1. The molecular weight excluding hydrogens is 203 g/mol. The summed E-state index contributed by atoms with van der Waals surface area (Å²) in [5.74, 6) is 0.500. The van der Waals surface area contributed by atoms with Gasteiger partial charge in [0.2, 0.25) is 0 Å². The maximum atomic E-state index is 14.1. The van der Waals surface area contributed by atoms with Gasteiger partial charge in [0.05, 0.1) is 5.69 Å². The van der Waals surface area contributed by atoms with Crippen LogP contribution in [0.5, 0.6) is 0 Å².